The second-order valence-corrected chi connectivity index (χ2v) is 6.03. The summed E-state index contributed by atoms with van der Waals surface area (Å²) in [5, 5.41) is 6.18. The third kappa shape index (κ3) is 4.56. The van der Waals surface area contributed by atoms with Gasteiger partial charge in [0, 0.05) is 27.1 Å². The molecule has 2 N–H and O–H groups in total. The molecule has 1 aromatic rings. The summed E-state index contributed by atoms with van der Waals surface area (Å²) in [7, 11) is 3.43. The molecule has 22 heavy (non-hydrogen) atoms. The third-order valence-corrected chi connectivity index (χ3v) is 4.01. The zero-order valence-corrected chi connectivity index (χ0v) is 13.3. The average molecular weight is 303 g/mol. The van der Waals surface area contributed by atoms with E-state index in [1.807, 2.05) is 30.3 Å². The van der Waals surface area contributed by atoms with Gasteiger partial charge in [-0.1, -0.05) is 30.3 Å². The van der Waals surface area contributed by atoms with Crippen LogP contribution in [-0.4, -0.2) is 49.9 Å². The molecule has 0 saturated carbocycles. The van der Waals surface area contributed by atoms with Gasteiger partial charge >= 0.3 is 0 Å². The number of hydrogen-bond donors (Lipinski definition) is 2. The third-order valence-electron chi connectivity index (χ3n) is 4.01. The van der Waals surface area contributed by atoms with Crippen LogP contribution in [0.1, 0.15) is 18.4 Å². The van der Waals surface area contributed by atoms with Crippen molar-refractivity contribution in [3.8, 4) is 0 Å². The quantitative estimate of drug-likeness (QED) is 0.846. The fraction of sp³-hybridized carbons (Fsp3) is 0.529. The lowest BCUT2D eigenvalue weighted by atomic mass is 9.97. The van der Waals surface area contributed by atoms with Gasteiger partial charge in [0.05, 0.1) is 5.92 Å². The Morgan fingerprint density at radius 1 is 1.32 bits per heavy atom. The van der Waals surface area contributed by atoms with Crippen molar-refractivity contribution in [2.45, 2.75) is 25.3 Å². The number of hydrogen-bond acceptors (Lipinski definition) is 3. The maximum atomic E-state index is 12.4. The first-order valence-electron chi connectivity index (χ1n) is 7.84. The molecule has 5 nitrogen and oxygen atoms in total. The molecule has 0 bridgehead atoms. The van der Waals surface area contributed by atoms with E-state index in [1.54, 1.807) is 14.1 Å². The highest BCUT2D eigenvalue weighted by Gasteiger charge is 2.27. The highest BCUT2D eigenvalue weighted by molar-refractivity contribution is 5.88. The van der Waals surface area contributed by atoms with Crippen LogP contribution >= 0.6 is 0 Å². The molecule has 120 valence electrons. The van der Waals surface area contributed by atoms with Crippen molar-refractivity contribution in [3.05, 3.63) is 35.9 Å². The standard InChI is InChI=1S/C17H25N3O2/c1-20(2)17(22)15(11-13-7-4-3-5-8-13)19-16(21)14-9-6-10-18-12-14/h3-5,7-8,14-15,18H,6,9-12H2,1-2H3,(H,19,21). The first-order valence-corrected chi connectivity index (χ1v) is 7.84. The van der Waals surface area contributed by atoms with E-state index < -0.39 is 6.04 Å². The summed E-state index contributed by atoms with van der Waals surface area (Å²) in [6.07, 6.45) is 2.40. The predicted molar refractivity (Wildman–Crippen MR) is 86.4 cm³/mol. The average Bonchev–Trinajstić information content (AvgIpc) is 2.55. The summed E-state index contributed by atoms with van der Waals surface area (Å²) >= 11 is 0. The smallest absolute Gasteiger partial charge is 0.244 e. The number of piperidine rings is 1. The van der Waals surface area contributed by atoms with Crippen molar-refractivity contribution >= 4 is 11.8 Å². The number of benzene rings is 1. The van der Waals surface area contributed by atoms with Gasteiger partial charge in [-0.2, -0.15) is 0 Å². The molecule has 2 unspecified atom stereocenters. The molecule has 1 fully saturated rings. The van der Waals surface area contributed by atoms with Gasteiger partial charge in [-0.25, -0.2) is 0 Å². The van der Waals surface area contributed by atoms with Crippen LogP contribution in [-0.2, 0) is 16.0 Å². The molecule has 2 atom stereocenters. The highest BCUT2D eigenvalue weighted by atomic mass is 16.2. The van der Waals surface area contributed by atoms with Crippen molar-refractivity contribution in [1.82, 2.24) is 15.5 Å². The minimum Gasteiger partial charge on any atom is -0.347 e. The van der Waals surface area contributed by atoms with E-state index in [0.29, 0.717) is 13.0 Å². The van der Waals surface area contributed by atoms with Gasteiger partial charge in [-0.05, 0) is 24.9 Å². The monoisotopic (exact) mass is 303 g/mol. The molecule has 0 radical (unpaired) electrons. The summed E-state index contributed by atoms with van der Waals surface area (Å²) in [5.41, 5.74) is 1.05. The fourth-order valence-corrected chi connectivity index (χ4v) is 2.73. The Bertz CT molecular complexity index is 496. The summed E-state index contributed by atoms with van der Waals surface area (Å²) in [4.78, 5) is 26.3. The van der Waals surface area contributed by atoms with Gasteiger partial charge in [-0.3, -0.25) is 9.59 Å². The van der Waals surface area contributed by atoms with E-state index in [4.69, 9.17) is 0 Å². The predicted octanol–water partition coefficient (Wildman–Crippen LogP) is 0.802. The first-order chi connectivity index (χ1) is 10.6. The van der Waals surface area contributed by atoms with Crippen molar-refractivity contribution in [2.75, 3.05) is 27.2 Å². The van der Waals surface area contributed by atoms with Crippen LogP contribution < -0.4 is 10.6 Å². The molecule has 1 aliphatic rings. The van der Waals surface area contributed by atoms with E-state index in [0.717, 1.165) is 24.9 Å². The summed E-state index contributed by atoms with van der Waals surface area (Å²) in [6, 6.07) is 9.28. The van der Waals surface area contributed by atoms with Gasteiger partial charge in [0.15, 0.2) is 0 Å². The summed E-state index contributed by atoms with van der Waals surface area (Å²) in [5.74, 6) is -0.133. The number of rotatable bonds is 5. The highest BCUT2D eigenvalue weighted by Crippen LogP contribution is 2.12. The van der Waals surface area contributed by atoms with Crippen molar-refractivity contribution < 1.29 is 9.59 Å². The molecule has 1 heterocycles. The zero-order valence-electron chi connectivity index (χ0n) is 13.3. The molecule has 1 aliphatic heterocycles. The van der Waals surface area contributed by atoms with Gasteiger partial charge in [0.25, 0.3) is 0 Å². The van der Waals surface area contributed by atoms with Crippen molar-refractivity contribution in [1.29, 1.82) is 0 Å². The Hall–Kier alpha value is -1.88. The van der Waals surface area contributed by atoms with Crippen LogP contribution in [0.15, 0.2) is 30.3 Å². The van der Waals surface area contributed by atoms with E-state index in [-0.39, 0.29) is 17.7 Å². The van der Waals surface area contributed by atoms with Crippen molar-refractivity contribution in [2.24, 2.45) is 5.92 Å². The summed E-state index contributed by atoms with van der Waals surface area (Å²) < 4.78 is 0. The van der Waals surface area contributed by atoms with Crippen LogP contribution in [0.4, 0.5) is 0 Å². The SMILES string of the molecule is CN(C)C(=O)C(Cc1ccccc1)NC(=O)C1CCCNC1. The van der Waals surface area contributed by atoms with Gasteiger partial charge in [0.2, 0.25) is 11.8 Å². The number of nitrogens with zero attached hydrogens (tertiary/aromatic N) is 1. The number of carbonyl (C=O) groups excluding carboxylic acids is 2. The molecule has 2 rings (SSSR count). The Morgan fingerprint density at radius 3 is 2.64 bits per heavy atom. The van der Waals surface area contributed by atoms with Gasteiger partial charge in [-0.15, -0.1) is 0 Å². The van der Waals surface area contributed by atoms with Crippen LogP contribution in [0.5, 0.6) is 0 Å². The molecule has 5 heteroatoms. The second-order valence-electron chi connectivity index (χ2n) is 6.03. The number of amides is 2. The van der Waals surface area contributed by atoms with E-state index in [9.17, 15) is 9.59 Å². The van der Waals surface area contributed by atoms with Crippen LogP contribution in [0.25, 0.3) is 0 Å². The topological polar surface area (TPSA) is 61.4 Å². The molecule has 0 aliphatic carbocycles. The maximum absolute atomic E-state index is 12.4. The van der Waals surface area contributed by atoms with E-state index in [2.05, 4.69) is 10.6 Å². The number of likely N-dealkylation sites (N-methyl/N-ethyl adjacent to an activating group) is 1. The Balaban J connectivity index is 2.03. The van der Waals surface area contributed by atoms with Gasteiger partial charge in [0.1, 0.15) is 6.04 Å². The second kappa shape index (κ2) is 7.94. The summed E-state index contributed by atoms with van der Waals surface area (Å²) in [6.45, 7) is 1.66. The molecule has 1 saturated heterocycles. The van der Waals surface area contributed by atoms with E-state index >= 15 is 0 Å². The Kier molecular flexibility index (Phi) is 5.95. The van der Waals surface area contributed by atoms with Crippen molar-refractivity contribution in [3.63, 3.8) is 0 Å². The minimum atomic E-state index is -0.508. The Morgan fingerprint density at radius 2 is 2.05 bits per heavy atom. The molecular weight excluding hydrogens is 278 g/mol. The Labute approximate surface area is 132 Å². The number of nitrogens with one attached hydrogen (secondary N) is 2. The van der Waals surface area contributed by atoms with E-state index in [1.165, 1.54) is 4.90 Å². The molecule has 1 aromatic carbocycles. The zero-order chi connectivity index (χ0) is 15.9. The molecule has 2 amide bonds. The number of carbonyl (C=O) groups is 2. The normalized spacial score (nSPS) is 19.3. The molecular formula is C17H25N3O2. The first kappa shape index (κ1) is 16.5. The maximum Gasteiger partial charge on any atom is 0.244 e. The minimum absolute atomic E-state index is 0.0247. The van der Waals surface area contributed by atoms with Crippen LogP contribution in [0.2, 0.25) is 0 Å². The van der Waals surface area contributed by atoms with Crippen LogP contribution in [0, 0.1) is 5.92 Å². The lowest BCUT2D eigenvalue weighted by Gasteiger charge is -2.26. The molecule has 0 aromatic heterocycles. The van der Waals surface area contributed by atoms with Gasteiger partial charge < -0.3 is 15.5 Å². The molecule has 0 spiro atoms. The largest absolute Gasteiger partial charge is 0.347 e. The lowest BCUT2D eigenvalue weighted by Crippen LogP contribution is -2.51. The van der Waals surface area contributed by atoms with Crippen LogP contribution in [0.3, 0.4) is 0 Å². The fourth-order valence-electron chi connectivity index (χ4n) is 2.73. The lowest BCUT2D eigenvalue weighted by molar-refractivity contribution is -0.135.